The molecule has 0 amide bonds. The molecule has 9 nitrogen and oxygen atoms in total. The molecular weight excluding hydrogens is 685 g/mol. The first-order chi connectivity index (χ1) is 22.7. The lowest BCUT2D eigenvalue weighted by Crippen LogP contribution is -2.33. The van der Waals surface area contributed by atoms with Gasteiger partial charge in [-0.25, -0.2) is 27.8 Å². The van der Waals surface area contributed by atoms with E-state index in [4.69, 9.17) is 9.47 Å². The summed E-state index contributed by atoms with van der Waals surface area (Å²) in [6, 6.07) is 22.9. The van der Waals surface area contributed by atoms with Crippen molar-refractivity contribution in [3.63, 3.8) is 0 Å². The lowest BCUT2D eigenvalue weighted by Gasteiger charge is -2.31. The number of ether oxygens (including phenoxy) is 2. The van der Waals surface area contributed by atoms with Gasteiger partial charge in [0.2, 0.25) is 0 Å². The van der Waals surface area contributed by atoms with Gasteiger partial charge in [-0.15, -0.1) is 0 Å². The number of anilines is 2. The number of aromatic nitrogens is 3. The molecule has 3 heterocycles. The zero-order valence-electron chi connectivity index (χ0n) is 25.6. The van der Waals surface area contributed by atoms with Crippen LogP contribution in [0.1, 0.15) is 24.0 Å². The molecule has 0 fully saturated rings. The number of sulfone groups is 1. The summed E-state index contributed by atoms with van der Waals surface area (Å²) < 4.78 is 51.9. The lowest BCUT2D eigenvalue weighted by atomic mass is 9.87. The van der Waals surface area contributed by atoms with Gasteiger partial charge >= 0.3 is 0 Å². The fourth-order valence-electron chi connectivity index (χ4n) is 5.41. The molecule has 1 aliphatic rings. The maximum Gasteiger partial charge on any atom is 0.196 e. The number of benzene rings is 3. The lowest BCUT2D eigenvalue weighted by molar-refractivity contribution is 0.0248. The van der Waals surface area contributed by atoms with E-state index in [0.29, 0.717) is 37.5 Å². The van der Waals surface area contributed by atoms with Crippen LogP contribution in [0.5, 0.6) is 5.75 Å². The molecule has 12 heteroatoms. The molecule has 0 saturated heterocycles. The van der Waals surface area contributed by atoms with E-state index in [1.54, 1.807) is 24.5 Å². The van der Waals surface area contributed by atoms with Crippen LogP contribution >= 0.6 is 15.9 Å². The molecule has 0 spiro atoms. The van der Waals surface area contributed by atoms with Crippen molar-refractivity contribution in [1.29, 1.82) is 0 Å². The van der Waals surface area contributed by atoms with E-state index in [2.05, 4.69) is 42.3 Å². The second-order valence-electron chi connectivity index (χ2n) is 11.4. The van der Waals surface area contributed by atoms with Crippen molar-refractivity contribution in [3.8, 4) is 5.75 Å². The number of rotatable bonds is 13. The monoisotopic (exact) mass is 717 g/mol. The first-order valence-corrected chi connectivity index (χ1v) is 17.5. The van der Waals surface area contributed by atoms with E-state index in [9.17, 15) is 12.8 Å². The molecule has 5 aromatic rings. The minimum absolute atomic E-state index is 0.0226. The van der Waals surface area contributed by atoms with Crippen LogP contribution in [0.4, 0.5) is 15.9 Å². The molecular formula is C35H33BrFN5O4S. The number of nitrogens with zero attached hydrogens (tertiary/aromatic N) is 4. The summed E-state index contributed by atoms with van der Waals surface area (Å²) in [6.07, 6.45) is 8.07. The van der Waals surface area contributed by atoms with Gasteiger partial charge in [0.15, 0.2) is 14.9 Å². The normalized spacial score (nSPS) is 16.0. The van der Waals surface area contributed by atoms with E-state index in [-0.39, 0.29) is 23.2 Å². The van der Waals surface area contributed by atoms with Crippen LogP contribution in [-0.4, -0.2) is 54.2 Å². The molecule has 1 unspecified atom stereocenters. The molecule has 0 radical (unpaired) electrons. The van der Waals surface area contributed by atoms with Crippen molar-refractivity contribution < 1.29 is 22.3 Å². The topological polar surface area (TPSA) is 107 Å². The molecule has 0 bridgehead atoms. The van der Waals surface area contributed by atoms with Crippen molar-refractivity contribution >= 4 is 48.2 Å². The van der Waals surface area contributed by atoms with Gasteiger partial charge in [0.25, 0.3) is 0 Å². The summed E-state index contributed by atoms with van der Waals surface area (Å²) in [5.41, 5.74) is 2.67. The summed E-state index contributed by atoms with van der Waals surface area (Å²) in [7, 11) is -1.56. The first-order valence-electron chi connectivity index (χ1n) is 15.1. The van der Waals surface area contributed by atoms with E-state index in [1.807, 2.05) is 54.4 Å². The number of hydrogen-bond donors (Lipinski definition) is 1. The van der Waals surface area contributed by atoms with Gasteiger partial charge in [0.1, 0.15) is 35.9 Å². The number of pyridine rings is 1. The highest BCUT2D eigenvalue weighted by atomic mass is 79.9. The van der Waals surface area contributed by atoms with Gasteiger partial charge in [0, 0.05) is 43.2 Å². The van der Waals surface area contributed by atoms with Crippen molar-refractivity contribution in [3.05, 3.63) is 125 Å². The van der Waals surface area contributed by atoms with Gasteiger partial charge in [-0.2, -0.15) is 0 Å². The average Bonchev–Trinajstić information content (AvgIpc) is 3.57. The number of nitrogens with one attached hydrogen (secondary N) is 1. The van der Waals surface area contributed by atoms with Gasteiger partial charge in [-0.05, 0) is 94.8 Å². The highest BCUT2D eigenvalue weighted by Crippen LogP contribution is 2.40. The zero-order valence-corrected chi connectivity index (χ0v) is 28.0. The average molecular weight is 719 g/mol. The Kier molecular flexibility index (Phi) is 9.81. The standard InChI is InChI=1S/C35H33BrFN5O4S/c1-42(17-19-47(43,44)33-8-2-3-15-38-33)16-14-35(13-5-18-46-35)26-9-11-31-29(21-26)34(40-24-39-31)41-28-10-12-32(30(36)22-28)45-23-25-6-4-7-27(37)20-25/h2-12,15,18,20-22,24H,13-14,16-17,19,23H2,1H3,(H,39,40,41). The molecule has 1 atom stereocenters. The molecule has 0 aliphatic carbocycles. The fourth-order valence-corrected chi connectivity index (χ4v) is 7.17. The summed E-state index contributed by atoms with van der Waals surface area (Å²) in [6.45, 7) is 1.23. The highest BCUT2D eigenvalue weighted by Gasteiger charge is 2.36. The Morgan fingerprint density at radius 2 is 1.91 bits per heavy atom. The largest absolute Gasteiger partial charge is 0.490 e. The van der Waals surface area contributed by atoms with Crippen molar-refractivity contribution in [2.75, 3.05) is 31.2 Å². The summed E-state index contributed by atoms with van der Waals surface area (Å²) >= 11 is 3.59. The Bertz CT molecular complexity index is 2000. The summed E-state index contributed by atoms with van der Waals surface area (Å²) in [4.78, 5) is 15.0. The molecule has 47 heavy (non-hydrogen) atoms. The van der Waals surface area contributed by atoms with Crippen LogP contribution in [0.15, 0.2) is 113 Å². The first kappa shape index (κ1) is 32.5. The van der Waals surface area contributed by atoms with Crippen LogP contribution in [0.25, 0.3) is 10.9 Å². The number of halogens is 2. The predicted octanol–water partition coefficient (Wildman–Crippen LogP) is 7.17. The van der Waals surface area contributed by atoms with Crippen LogP contribution < -0.4 is 10.1 Å². The maximum absolute atomic E-state index is 13.5. The number of fused-ring (bicyclic) bond motifs is 1. The van der Waals surface area contributed by atoms with Gasteiger partial charge < -0.3 is 19.7 Å². The number of hydrogen-bond acceptors (Lipinski definition) is 9. The Hall–Kier alpha value is -4.39. The quantitative estimate of drug-likeness (QED) is 0.136. The predicted molar refractivity (Wildman–Crippen MR) is 183 cm³/mol. The third-order valence-electron chi connectivity index (χ3n) is 8.07. The van der Waals surface area contributed by atoms with Crippen LogP contribution in [-0.2, 0) is 26.8 Å². The van der Waals surface area contributed by atoms with E-state index in [1.165, 1.54) is 30.7 Å². The van der Waals surface area contributed by atoms with E-state index >= 15 is 0 Å². The Morgan fingerprint density at radius 3 is 2.68 bits per heavy atom. The molecule has 2 aromatic heterocycles. The van der Waals surface area contributed by atoms with Gasteiger partial charge in [-0.1, -0.05) is 24.3 Å². The summed E-state index contributed by atoms with van der Waals surface area (Å²) in [5, 5.41) is 4.33. The molecule has 0 saturated carbocycles. The molecule has 3 aromatic carbocycles. The molecule has 242 valence electrons. The maximum atomic E-state index is 13.5. The Morgan fingerprint density at radius 1 is 1.02 bits per heavy atom. The van der Waals surface area contributed by atoms with Gasteiger partial charge in [0.05, 0.1) is 22.0 Å². The highest BCUT2D eigenvalue weighted by molar-refractivity contribution is 9.10. The molecule has 1 aliphatic heterocycles. The van der Waals surface area contributed by atoms with E-state index < -0.39 is 15.4 Å². The minimum Gasteiger partial charge on any atom is -0.490 e. The van der Waals surface area contributed by atoms with Crippen LogP contribution in [0.3, 0.4) is 0 Å². The van der Waals surface area contributed by atoms with Crippen LogP contribution in [0, 0.1) is 5.82 Å². The third-order valence-corrected chi connectivity index (χ3v) is 10.3. The fraction of sp³-hybridized carbons (Fsp3) is 0.229. The van der Waals surface area contributed by atoms with E-state index in [0.717, 1.165) is 32.2 Å². The van der Waals surface area contributed by atoms with Gasteiger partial charge in [-0.3, -0.25) is 0 Å². The molecule has 6 rings (SSSR count). The second-order valence-corrected chi connectivity index (χ2v) is 14.3. The SMILES string of the molecule is CN(CCC1(c2ccc3ncnc(Nc4ccc(OCc5cccc(F)c5)c(Br)c4)c3c2)CC=CO1)CCS(=O)(=O)c1ccccn1. The molecule has 1 N–H and O–H groups in total. The van der Waals surface area contributed by atoms with Crippen molar-refractivity contribution in [2.24, 2.45) is 0 Å². The smallest absolute Gasteiger partial charge is 0.196 e. The Balaban J connectivity index is 1.15. The van der Waals surface area contributed by atoms with Crippen molar-refractivity contribution in [2.45, 2.75) is 30.1 Å². The van der Waals surface area contributed by atoms with Crippen LogP contribution in [0.2, 0.25) is 0 Å². The second kappa shape index (κ2) is 14.2. The minimum atomic E-state index is -3.48. The van der Waals surface area contributed by atoms with Crippen molar-refractivity contribution in [1.82, 2.24) is 19.9 Å². The third kappa shape index (κ3) is 7.78. The summed E-state index contributed by atoms with van der Waals surface area (Å²) in [5.74, 6) is 0.937. The Labute approximate surface area is 281 Å². The zero-order chi connectivity index (χ0) is 32.9.